The minimum Gasteiger partial charge on any atom is -0.316 e. The molecule has 1 fully saturated rings. The summed E-state index contributed by atoms with van der Waals surface area (Å²) in [6.45, 7) is 4.50. The minimum atomic E-state index is 0.606. The first-order chi connectivity index (χ1) is 5.33. The van der Waals surface area contributed by atoms with Gasteiger partial charge in [-0.1, -0.05) is 12.8 Å². The predicted molar refractivity (Wildman–Crippen MR) is 48.7 cm³/mol. The van der Waals surface area contributed by atoms with Gasteiger partial charge in [-0.15, -0.1) is 0 Å². The molecule has 1 aliphatic rings. The van der Waals surface area contributed by atoms with E-state index in [-0.39, 0.29) is 0 Å². The molecule has 0 aromatic rings. The second-order valence-electron chi connectivity index (χ2n) is 3.63. The predicted octanol–water partition coefficient (Wildman–Crippen LogP) is 0.984. The van der Waals surface area contributed by atoms with Crippen molar-refractivity contribution in [3.8, 4) is 0 Å². The Morgan fingerprint density at radius 3 is 2.73 bits per heavy atom. The molecule has 0 bridgehead atoms. The number of hydrogen-bond acceptors (Lipinski definition) is 2. The Morgan fingerprint density at radius 2 is 2.18 bits per heavy atom. The first-order valence-electron chi connectivity index (χ1n) is 4.71. The van der Waals surface area contributed by atoms with Gasteiger partial charge in [0.15, 0.2) is 0 Å². The van der Waals surface area contributed by atoms with E-state index in [0.29, 0.717) is 6.04 Å². The average Bonchev–Trinajstić information content (AvgIpc) is 2.81. The lowest BCUT2D eigenvalue weighted by Crippen LogP contribution is -2.34. The first kappa shape index (κ1) is 9.01. The number of likely N-dealkylation sites (N-methyl/N-ethyl adjacent to an activating group) is 1. The summed E-state index contributed by atoms with van der Waals surface area (Å²) in [5.41, 5.74) is 0. The molecule has 0 heterocycles. The molecule has 66 valence electrons. The Labute approximate surface area is 69.8 Å². The van der Waals surface area contributed by atoms with Crippen molar-refractivity contribution in [2.45, 2.75) is 32.2 Å². The van der Waals surface area contributed by atoms with E-state index in [4.69, 9.17) is 0 Å². The van der Waals surface area contributed by atoms with Gasteiger partial charge in [0.05, 0.1) is 0 Å². The topological polar surface area (TPSA) is 24.1 Å². The van der Waals surface area contributed by atoms with Crippen LogP contribution in [0.2, 0.25) is 0 Å². The molecule has 2 nitrogen and oxygen atoms in total. The highest BCUT2D eigenvalue weighted by molar-refractivity contribution is 4.74. The zero-order valence-electron chi connectivity index (χ0n) is 7.69. The lowest BCUT2D eigenvalue weighted by Gasteiger charge is -2.10. The van der Waals surface area contributed by atoms with Crippen LogP contribution >= 0.6 is 0 Å². The SMILES string of the molecule is CNC(C)CNCCC1CC1. The van der Waals surface area contributed by atoms with Gasteiger partial charge in [0, 0.05) is 12.6 Å². The van der Waals surface area contributed by atoms with Crippen molar-refractivity contribution in [2.75, 3.05) is 20.1 Å². The Bertz CT molecular complexity index is 99.7. The van der Waals surface area contributed by atoms with Crippen LogP contribution in [0.15, 0.2) is 0 Å². The third-order valence-electron chi connectivity index (χ3n) is 2.37. The molecule has 0 spiro atoms. The van der Waals surface area contributed by atoms with Gasteiger partial charge in [0.25, 0.3) is 0 Å². The lowest BCUT2D eigenvalue weighted by molar-refractivity contribution is 0.524. The molecule has 1 rings (SSSR count). The third kappa shape index (κ3) is 4.38. The van der Waals surface area contributed by atoms with E-state index in [9.17, 15) is 0 Å². The van der Waals surface area contributed by atoms with Gasteiger partial charge in [0.1, 0.15) is 0 Å². The Balaban J connectivity index is 1.79. The highest BCUT2D eigenvalue weighted by Gasteiger charge is 2.19. The monoisotopic (exact) mass is 156 g/mol. The fourth-order valence-corrected chi connectivity index (χ4v) is 1.13. The van der Waals surface area contributed by atoms with E-state index in [2.05, 4.69) is 17.6 Å². The van der Waals surface area contributed by atoms with Crippen molar-refractivity contribution in [3.05, 3.63) is 0 Å². The van der Waals surface area contributed by atoms with Gasteiger partial charge in [-0.2, -0.15) is 0 Å². The van der Waals surface area contributed by atoms with Crippen LogP contribution in [0.4, 0.5) is 0 Å². The first-order valence-corrected chi connectivity index (χ1v) is 4.71. The molecule has 1 unspecified atom stereocenters. The zero-order valence-corrected chi connectivity index (χ0v) is 7.69. The summed E-state index contributed by atoms with van der Waals surface area (Å²) in [5.74, 6) is 1.06. The summed E-state index contributed by atoms with van der Waals surface area (Å²) in [7, 11) is 2.01. The van der Waals surface area contributed by atoms with Gasteiger partial charge in [-0.3, -0.25) is 0 Å². The molecule has 2 N–H and O–H groups in total. The molecule has 0 aromatic heterocycles. The molecule has 1 aliphatic carbocycles. The van der Waals surface area contributed by atoms with Gasteiger partial charge in [0.2, 0.25) is 0 Å². The maximum absolute atomic E-state index is 3.44. The summed E-state index contributed by atoms with van der Waals surface area (Å²) >= 11 is 0. The Morgan fingerprint density at radius 1 is 1.45 bits per heavy atom. The minimum absolute atomic E-state index is 0.606. The van der Waals surface area contributed by atoms with Crippen LogP contribution in [0.5, 0.6) is 0 Å². The van der Waals surface area contributed by atoms with Crippen molar-refractivity contribution in [1.29, 1.82) is 0 Å². The summed E-state index contributed by atoms with van der Waals surface area (Å²) in [5, 5.41) is 6.65. The molecule has 0 amide bonds. The number of hydrogen-bond donors (Lipinski definition) is 2. The second-order valence-corrected chi connectivity index (χ2v) is 3.63. The maximum atomic E-state index is 3.44. The molecular formula is C9H20N2. The maximum Gasteiger partial charge on any atom is 0.0161 e. The van der Waals surface area contributed by atoms with Crippen molar-refractivity contribution < 1.29 is 0 Å². The van der Waals surface area contributed by atoms with Crippen LogP contribution in [-0.4, -0.2) is 26.2 Å². The van der Waals surface area contributed by atoms with Crippen LogP contribution in [0, 0.1) is 5.92 Å². The van der Waals surface area contributed by atoms with Gasteiger partial charge < -0.3 is 10.6 Å². The van der Waals surface area contributed by atoms with Crippen molar-refractivity contribution >= 4 is 0 Å². The van der Waals surface area contributed by atoms with E-state index >= 15 is 0 Å². The number of rotatable bonds is 6. The molecular weight excluding hydrogens is 136 g/mol. The van der Waals surface area contributed by atoms with Gasteiger partial charge >= 0.3 is 0 Å². The lowest BCUT2D eigenvalue weighted by atomic mass is 10.3. The van der Waals surface area contributed by atoms with Gasteiger partial charge in [-0.25, -0.2) is 0 Å². The molecule has 0 radical (unpaired) electrons. The van der Waals surface area contributed by atoms with Gasteiger partial charge in [-0.05, 0) is 32.9 Å². The fraction of sp³-hybridized carbons (Fsp3) is 1.00. The van der Waals surface area contributed by atoms with Crippen molar-refractivity contribution in [2.24, 2.45) is 5.92 Å². The van der Waals surface area contributed by atoms with Crippen LogP contribution in [0.25, 0.3) is 0 Å². The summed E-state index contributed by atoms with van der Waals surface area (Å²) < 4.78 is 0. The molecule has 0 aromatic carbocycles. The molecule has 1 saturated carbocycles. The van der Waals surface area contributed by atoms with Crippen LogP contribution in [-0.2, 0) is 0 Å². The quantitative estimate of drug-likeness (QED) is 0.560. The Kier molecular flexibility index (Phi) is 3.87. The molecule has 0 saturated heterocycles. The van der Waals surface area contributed by atoms with Crippen molar-refractivity contribution in [1.82, 2.24) is 10.6 Å². The zero-order chi connectivity index (χ0) is 8.10. The third-order valence-corrected chi connectivity index (χ3v) is 2.37. The van der Waals surface area contributed by atoms with E-state index < -0.39 is 0 Å². The Hall–Kier alpha value is -0.0800. The summed E-state index contributed by atoms with van der Waals surface area (Å²) in [6, 6.07) is 0.606. The highest BCUT2D eigenvalue weighted by Crippen LogP contribution is 2.31. The van der Waals surface area contributed by atoms with Crippen LogP contribution in [0.1, 0.15) is 26.2 Å². The average molecular weight is 156 g/mol. The molecule has 11 heavy (non-hydrogen) atoms. The van der Waals surface area contributed by atoms with E-state index in [1.54, 1.807) is 0 Å². The smallest absolute Gasteiger partial charge is 0.0161 e. The summed E-state index contributed by atoms with van der Waals surface area (Å²) in [6.07, 6.45) is 4.34. The van der Waals surface area contributed by atoms with Crippen LogP contribution < -0.4 is 10.6 Å². The number of nitrogens with one attached hydrogen (secondary N) is 2. The standard InChI is InChI=1S/C9H20N2/c1-8(10-2)7-11-6-5-9-3-4-9/h8-11H,3-7H2,1-2H3. The van der Waals surface area contributed by atoms with Crippen LogP contribution in [0.3, 0.4) is 0 Å². The van der Waals surface area contributed by atoms with E-state index in [1.807, 2.05) is 7.05 Å². The summed E-state index contributed by atoms with van der Waals surface area (Å²) in [4.78, 5) is 0. The van der Waals surface area contributed by atoms with E-state index in [0.717, 1.165) is 12.5 Å². The fourth-order valence-electron chi connectivity index (χ4n) is 1.13. The molecule has 1 atom stereocenters. The largest absolute Gasteiger partial charge is 0.316 e. The van der Waals surface area contributed by atoms with Crippen molar-refractivity contribution in [3.63, 3.8) is 0 Å². The highest BCUT2D eigenvalue weighted by atomic mass is 14.9. The molecule has 2 heteroatoms. The second kappa shape index (κ2) is 4.73. The normalized spacial score (nSPS) is 20.2. The molecule has 0 aliphatic heterocycles. The van der Waals surface area contributed by atoms with E-state index in [1.165, 1.54) is 25.8 Å².